The van der Waals surface area contributed by atoms with Crippen molar-refractivity contribution >= 4 is 23.6 Å². The Hall–Kier alpha value is -2.85. The van der Waals surface area contributed by atoms with Crippen molar-refractivity contribution < 1.29 is 19.2 Å². The molecule has 0 aliphatic carbocycles. The van der Waals surface area contributed by atoms with Crippen LogP contribution in [0.3, 0.4) is 0 Å². The average Bonchev–Trinajstić information content (AvgIpc) is 2.54. The van der Waals surface area contributed by atoms with Gasteiger partial charge in [0.05, 0.1) is 19.1 Å². The second-order valence-electron chi connectivity index (χ2n) is 4.85. The highest BCUT2D eigenvalue weighted by molar-refractivity contribution is 5.90. The lowest BCUT2D eigenvalue weighted by atomic mass is 10.1. The molecular weight excluding hydrogens is 320 g/mol. The summed E-state index contributed by atoms with van der Waals surface area (Å²) in [5.41, 5.74) is 18.8. The molecule has 4 amide bonds. The van der Waals surface area contributed by atoms with Gasteiger partial charge in [0.1, 0.15) is 6.04 Å². The number of carbonyl (C=O) groups excluding carboxylic acids is 4. The van der Waals surface area contributed by atoms with Gasteiger partial charge < -0.3 is 22.1 Å². The molecule has 0 spiro atoms. The first-order valence-electron chi connectivity index (χ1n) is 7.20. The minimum Gasteiger partial charge on any atom is -0.370 e. The molecule has 0 saturated heterocycles. The van der Waals surface area contributed by atoms with Crippen LogP contribution in [0.15, 0.2) is 5.22 Å². The fourth-order valence-corrected chi connectivity index (χ4v) is 1.62. The van der Waals surface area contributed by atoms with Gasteiger partial charge in [-0.05, 0) is 25.5 Å². The minimum absolute atomic E-state index is 0.0431. The summed E-state index contributed by atoms with van der Waals surface area (Å²) in [5.74, 6) is -2.41. The van der Waals surface area contributed by atoms with Gasteiger partial charge in [0.2, 0.25) is 17.7 Å². The fourth-order valence-electron chi connectivity index (χ4n) is 1.62. The van der Waals surface area contributed by atoms with Crippen LogP contribution in [0.5, 0.6) is 0 Å². The summed E-state index contributed by atoms with van der Waals surface area (Å²) in [6.07, 6.45) is 0.0217. The number of amides is 4. The summed E-state index contributed by atoms with van der Waals surface area (Å²) in [7, 11) is 0. The third-order valence-electron chi connectivity index (χ3n) is 2.91. The van der Waals surface area contributed by atoms with Gasteiger partial charge >= 0.3 is 5.91 Å². The second kappa shape index (κ2) is 10.8. The van der Waals surface area contributed by atoms with E-state index in [4.69, 9.17) is 17.0 Å². The topological polar surface area (TPSA) is 196 Å². The average molecular weight is 342 g/mol. The number of hydrogen-bond donors (Lipinski definition) is 4. The van der Waals surface area contributed by atoms with Crippen molar-refractivity contribution in [2.75, 3.05) is 13.1 Å². The summed E-state index contributed by atoms with van der Waals surface area (Å²) < 4.78 is 0. The first kappa shape index (κ1) is 21.1. The number of nitrogens with zero attached hydrogens (tertiary/aromatic N) is 4. The highest BCUT2D eigenvalue weighted by Crippen LogP contribution is 1.97. The molecule has 12 heteroatoms. The molecule has 0 aromatic heterocycles. The smallest absolute Gasteiger partial charge is 0.334 e. The molecule has 6 N–H and O–H groups in total. The number of azide groups is 1. The van der Waals surface area contributed by atoms with Gasteiger partial charge in [-0.2, -0.15) is 9.92 Å². The molecule has 0 aromatic rings. The van der Waals surface area contributed by atoms with Gasteiger partial charge in [-0.15, -0.1) is 5.53 Å². The lowest BCUT2D eigenvalue weighted by Gasteiger charge is -2.16. The van der Waals surface area contributed by atoms with Crippen molar-refractivity contribution in [1.29, 1.82) is 0 Å². The van der Waals surface area contributed by atoms with Crippen LogP contribution in [-0.4, -0.2) is 53.8 Å². The van der Waals surface area contributed by atoms with Crippen molar-refractivity contribution in [2.45, 2.75) is 38.8 Å². The zero-order valence-electron chi connectivity index (χ0n) is 13.6. The van der Waals surface area contributed by atoms with Crippen LogP contribution in [0.2, 0.25) is 0 Å². The van der Waals surface area contributed by atoms with Crippen LogP contribution in [0, 0.1) is 0 Å². The highest BCUT2D eigenvalue weighted by Gasteiger charge is 2.24. The Morgan fingerprint density at radius 3 is 2.46 bits per heavy atom. The van der Waals surface area contributed by atoms with E-state index < -0.39 is 42.3 Å². The molecule has 12 nitrogen and oxygen atoms in total. The predicted molar refractivity (Wildman–Crippen MR) is 83.6 cm³/mol. The number of hydrogen-bond acceptors (Lipinski definition) is 6. The molecule has 0 bridgehead atoms. The largest absolute Gasteiger partial charge is 0.370 e. The van der Waals surface area contributed by atoms with Crippen molar-refractivity contribution in [3.63, 3.8) is 0 Å². The molecule has 0 aliphatic rings. The molecule has 0 aliphatic heterocycles. The molecule has 0 saturated carbocycles. The number of nitrogens with two attached hydrogens (primary N) is 2. The van der Waals surface area contributed by atoms with Crippen LogP contribution in [0.1, 0.15) is 26.7 Å². The van der Waals surface area contributed by atoms with Crippen LogP contribution in [0.25, 0.3) is 10.4 Å². The maximum absolute atomic E-state index is 11.9. The van der Waals surface area contributed by atoms with E-state index in [9.17, 15) is 19.2 Å². The Kier molecular flexibility index (Phi) is 9.52. The maximum Gasteiger partial charge on any atom is 0.334 e. The molecule has 0 aromatic carbocycles. The zero-order valence-corrected chi connectivity index (χ0v) is 13.6. The SMILES string of the molecule is CCN(N=[N+]=[N-])C(=O)C(C)NC(=O)CNC(=O)C(N)CCC(N)=O. The van der Waals surface area contributed by atoms with E-state index in [1.54, 1.807) is 6.92 Å². The molecule has 0 radical (unpaired) electrons. The molecule has 0 heterocycles. The molecular formula is C12H22N8O4. The summed E-state index contributed by atoms with van der Waals surface area (Å²) in [5, 5.41) is 8.69. The van der Waals surface area contributed by atoms with Crippen LogP contribution < -0.4 is 22.1 Å². The molecule has 0 rings (SSSR count). The Balaban J connectivity index is 4.34. The van der Waals surface area contributed by atoms with E-state index in [-0.39, 0.29) is 19.4 Å². The van der Waals surface area contributed by atoms with Crippen molar-refractivity contribution in [2.24, 2.45) is 16.7 Å². The summed E-state index contributed by atoms with van der Waals surface area (Å²) >= 11 is 0. The maximum atomic E-state index is 11.9. The standard InChI is InChI=1S/C12H22N8O4/c1-3-20(19-18-15)12(24)7(2)17-10(22)6-16-11(23)8(13)4-5-9(14)21/h7-8H,3-6,13H2,1-2H3,(H2,14,21)(H,16,23)(H,17,22). The number of rotatable bonds is 10. The summed E-state index contributed by atoms with van der Waals surface area (Å²) in [6, 6.07) is -1.91. The summed E-state index contributed by atoms with van der Waals surface area (Å²) in [6.45, 7) is 2.77. The monoisotopic (exact) mass is 342 g/mol. The molecule has 2 unspecified atom stereocenters. The molecule has 134 valence electrons. The van der Waals surface area contributed by atoms with E-state index in [1.807, 2.05) is 0 Å². The normalized spacial score (nSPS) is 12.3. The number of nitrogens with one attached hydrogen (secondary N) is 2. The van der Waals surface area contributed by atoms with Gasteiger partial charge in [-0.3, -0.25) is 14.4 Å². The van der Waals surface area contributed by atoms with Crippen molar-refractivity contribution in [3.05, 3.63) is 10.4 Å². The number of carbonyl (C=O) groups is 4. The fraction of sp³-hybridized carbons (Fsp3) is 0.667. The summed E-state index contributed by atoms with van der Waals surface area (Å²) in [4.78, 5) is 48.3. The van der Waals surface area contributed by atoms with Gasteiger partial charge in [0.15, 0.2) is 0 Å². The third-order valence-corrected chi connectivity index (χ3v) is 2.91. The van der Waals surface area contributed by atoms with E-state index in [0.717, 1.165) is 5.01 Å². The van der Waals surface area contributed by atoms with E-state index in [1.165, 1.54) is 6.92 Å². The minimum atomic E-state index is -0.968. The molecule has 2 atom stereocenters. The number of primary amides is 1. The van der Waals surface area contributed by atoms with Gasteiger partial charge in [-0.1, -0.05) is 0 Å². The first-order chi connectivity index (χ1) is 11.2. The van der Waals surface area contributed by atoms with E-state index >= 15 is 0 Å². The third kappa shape index (κ3) is 7.96. The zero-order chi connectivity index (χ0) is 18.7. The quantitative estimate of drug-likeness (QED) is 0.158. The van der Waals surface area contributed by atoms with Gasteiger partial charge in [-0.25, -0.2) is 4.79 Å². The first-order valence-corrected chi connectivity index (χ1v) is 7.20. The Labute approximate surface area is 138 Å². The molecule has 0 fully saturated rings. The molecule has 24 heavy (non-hydrogen) atoms. The van der Waals surface area contributed by atoms with Gasteiger partial charge in [0.25, 0.3) is 0 Å². The number of likely N-dealkylation sites (N-methyl/N-ethyl adjacent to an activating group) is 1. The Bertz CT molecular complexity index is 531. The highest BCUT2D eigenvalue weighted by atomic mass is 16.2. The lowest BCUT2D eigenvalue weighted by molar-refractivity contribution is -0.136. The Morgan fingerprint density at radius 2 is 1.96 bits per heavy atom. The van der Waals surface area contributed by atoms with Crippen molar-refractivity contribution in [1.82, 2.24) is 15.6 Å². The van der Waals surface area contributed by atoms with Crippen LogP contribution >= 0.6 is 0 Å². The predicted octanol–water partition coefficient (Wildman–Crippen LogP) is -1.73. The van der Waals surface area contributed by atoms with E-state index in [2.05, 4.69) is 20.8 Å². The van der Waals surface area contributed by atoms with Crippen LogP contribution in [-0.2, 0) is 19.2 Å². The lowest BCUT2D eigenvalue weighted by Crippen LogP contribution is -2.49. The van der Waals surface area contributed by atoms with Gasteiger partial charge in [0, 0.05) is 6.42 Å². The van der Waals surface area contributed by atoms with Crippen LogP contribution in [0.4, 0.5) is 0 Å². The Morgan fingerprint density at radius 1 is 1.33 bits per heavy atom. The second-order valence-corrected chi connectivity index (χ2v) is 4.85. The van der Waals surface area contributed by atoms with Crippen molar-refractivity contribution in [3.8, 4) is 0 Å². The van der Waals surface area contributed by atoms with E-state index in [0.29, 0.717) is 0 Å².